The molecule has 0 radical (unpaired) electrons. The zero-order chi connectivity index (χ0) is 8.81. The fraction of sp³-hybridized carbons (Fsp3) is 0.444. The van der Waals surface area contributed by atoms with E-state index in [-0.39, 0.29) is 6.61 Å². The lowest BCUT2D eigenvalue weighted by Gasteiger charge is -2.08. The van der Waals surface area contributed by atoms with E-state index < -0.39 is 6.10 Å². The Bertz CT molecular complexity index is 213. The minimum absolute atomic E-state index is 0.122. The minimum Gasteiger partial charge on any atom is -0.396 e. The molecule has 12 heavy (non-hydrogen) atoms. The van der Waals surface area contributed by atoms with Gasteiger partial charge in [-0.1, -0.05) is 6.07 Å². The highest BCUT2D eigenvalue weighted by atomic mass is 16.3. The maximum atomic E-state index is 9.50. The smallest absolute Gasteiger partial charge is 0.0805 e. The van der Waals surface area contributed by atoms with E-state index in [0.29, 0.717) is 12.8 Å². The SMILES string of the molecule is OCCCC(O)c1c[15n][13cH][13cH][13cH]1. The molecule has 1 aromatic heterocycles. The second-order valence-corrected chi connectivity index (χ2v) is 2.67. The maximum Gasteiger partial charge on any atom is 0.0805 e. The summed E-state index contributed by atoms with van der Waals surface area (Å²) in [5, 5.41) is 18.0. The third-order valence-electron chi connectivity index (χ3n) is 1.70. The molecule has 0 spiro atoms. The van der Waals surface area contributed by atoms with Gasteiger partial charge in [0.2, 0.25) is 0 Å². The van der Waals surface area contributed by atoms with E-state index in [0.717, 1.165) is 5.56 Å². The molecular weight excluding hydrogens is 158 g/mol. The van der Waals surface area contributed by atoms with Crippen molar-refractivity contribution in [1.29, 1.82) is 0 Å². The van der Waals surface area contributed by atoms with E-state index >= 15 is 0 Å². The summed E-state index contributed by atoms with van der Waals surface area (Å²) in [6, 6.07) is 3.62. The molecule has 0 amide bonds. The average Bonchev–Trinajstić information content (AvgIpc) is 2.15. The van der Waals surface area contributed by atoms with Gasteiger partial charge in [-0.25, -0.2) is 0 Å². The van der Waals surface area contributed by atoms with Crippen molar-refractivity contribution < 1.29 is 10.2 Å². The van der Waals surface area contributed by atoms with Crippen LogP contribution in [0.15, 0.2) is 24.5 Å². The predicted molar refractivity (Wildman–Crippen MR) is 45.5 cm³/mol. The topological polar surface area (TPSA) is 53.4 Å². The van der Waals surface area contributed by atoms with Crippen molar-refractivity contribution in [2.24, 2.45) is 0 Å². The Balaban J connectivity index is 2.48. The average molecular weight is 171 g/mol. The number of hydrogen-bond acceptors (Lipinski definition) is 3. The normalized spacial score (nSPS) is 12.8. The fourth-order valence-corrected chi connectivity index (χ4v) is 1.02. The first-order valence-corrected chi connectivity index (χ1v) is 4.03. The second kappa shape index (κ2) is 4.85. The van der Waals surface area contributed by atoms with Gasteiger partial charge < -0.3 is 10.2 Å². The number of aliphatic hydroxyl groups excluding tert-OH is 2. The third-order valence-corrected chi connectivity index (χ3v) is 1.70. The summed E-state index contributed by atoms with van der Waals surface area (Å²) in [6.07, 6.45) is 4.02. The van der Waals surface area contributed by atoms with E-state index in [2.05, 4.69) is 4.98 Å². The summed E-state index contributed by atoms with van der Waals surface area (Å²) in [5.74, 6) is 0. The first-order chi connectivity index (χ1) is 5.84. The summed E-state index contributed by atoms with van der Waals surface area (Å²) >= 11 is 0. The quantitative estimate of drug-likeness (QED) is 0.707. The molecule has 1 atom stereocenters. The zero-order valence-electron chi connectivity index (χ0n) is 6.85. The molecule has 1 heterocycles. The highest BCUT2D eigenvalue weighted by Gasteiger charge is 2.05. The molecule has 1 rings (SSSR count). The molecule has 0 aliphatic rings. The van der Waals surface area contributed by atoms with Crippen LogP contribution in [0.5, 0.6) is 0 Å². The Morgan fingerprint density at radius 1 is 1.50 bits per heavy atom. The number of aromatic nitrogens is 1. The van der Waals surface area contributed by atoms with E-state index in [9.17, 15) is 5.11 Å². The van der Waals surface area contributed by atoms with Crippen LogP contribution < -0.4 is 0 Å². The molecule has 0 fully saturated rings. The molecule has 66 valence electrons. The van der Waals surface area contributed by atoms with Crippen molar-refractivity contribution in [2.75, 3.05) is 6.61 Å². The zero-order valence-corrected chi connectivity index (χ0v) is 6.85. The van der Waals surface area contributed by atoms with Gasteiger partial charge in [0.1, 0.15) is 0 Å². The van der Waals surface area contributed by atoms with Crippen LogP contribution in [0.25, 0.3) is 0 Å². The molecule has 3 heteroatoms. The molecule has 0 saturated carbocycles. The lowest BCUT2D eigenvalue weighted by atomic mass is 10.1. The summed E-state index contributed by atoms with van der Waals surface area (Å²) in [5.41, 5.74) is 0.811. The van der Waals surface area contributed by atoms with Crippen molar-refractivity contribution >= 4 is 0 Å². The molecule has 0 aliphatic carbocycles. The van der Waals surface area contributed by atoms with Gasteiger partial charge in [0.05, 0.1) is 6.10 Å². The summed E-state index contributed by atoms with van der Waals surface area (Å²) in [4.78, 5) is 3.89. The van der Waals surface area contributed by atoms with Gasteiger partial charge in [-0.15, -0.1) is 0 Å². The standard InChI is InChI=1S/C9H13NO2/c11-6-2-4-9(12)8-3-1-5-10-7-8/h1,3,5,7,9,11-12H,2,4,6H2/i1+1,3+1,5+1,10+1. The first-order valence-electron chi connectivity index (χ1n) is 4.03. The number of nitrogens with zero attached hydrogens (tertiary/aromatic N) is 1. The molecule has 2 N–H and O–H groups in total. The van der Waals surface area contributed by atoms with Crippen molar-refractivity contribution in [2.45, 2.75) is 18.9 Å². The van der Waals surface area contributed by atoms with Gasteiger partial charge in [0.25, 0.3) is 0 Å². The van der Waals surface area contributed by atoms with Crippen LogP contribution in [0.2, 0.25) is 0 Å². The molecule has 0 bridgehead atoms. The number of rotatable bonds is 4. The van der Waals surface area contributed by atoms with E-state index in [1.165, 1.54) is 0 Å². The van der Waals surface area contributed by atoms with Gasteiger partial charge in [-0.3, -0.25) is 4.98 Å². The molecule has 0 aliphatic heterocycles. The van der Waals surface area contributed by atoms with Crippen molar-refractivity contribution in [1.82, 2.24) is 4.98 Å². The lowest BCUT2D eigenvalue weighted by Crippen LogP contribution is -1.98. The monoisotopic (exact) mass is 171 g/mol. The number of pyridine rings is 1. The van der Waals surface area contributed by atoms with Crippen LogP contribution in [0.4, 0.5) is 0 Å². The lowest BCUT2D eigenvalue weighted by molar-refractivity contribution is 0.151. The summed E-state index contributed by atoms with van der Waals surface area (Å²) in [6.45, 7) is 0.122. The van der Waals surface area contributed by atoms with Crippen molar-refractivity contribution in [3.8, 4) is 0 Å². The summed E-state index contributed by atoms with van der Waals surface area (Å²) < 4.78 is 0. The van der Waals surface area contributed by atoms with Crippen LogP contribution in [-0.2, 0) is 0 Å². The number of aliphatic hydroxyl groups is 2. The third kappa shape index (κ3) is 2.60. The van der Waals surface area contributed by atoms with Crippen molar-refractivity contribution in [3.63, 3.8) is 0 Å². The van der Waals surface area contributed by atoms with Crippen LogP contribution in [0, 0.1) is 0 Å². The molecule has 1 unspecified atom stereocenters. The van der Waals surface area contributed by atoms with Gasteiger partial charge in [-0.05, 0) is 24.5 Å². The van der Waals surface area contributed by atoms with E-state index in [1.807, 2.05) is 6.07 Å². The van der Waals surface area contributed by atoms with Crippen LogP contribution in [-0.4, -0.2) is 21.8 Å². The molecule has 0 saturated heterocycles. The molecule has 1 aromatic rings. The Morgan fingerprint density at radius 3 is 2.92 bits per heavy atom. The van der Waals surface area contributed by atoms with Crippen LogP contribution in [0.3, 0.4) is 0 Å². The van der Waals surface area contributed by atoms with Gasteiger partial charge in [0.15, 0.2) is 0 Å². The highest BCUT2D eigenvalue weighted by molar-refractivity contribution is 5.11. The first kappa shape index (κ1) is 9.16. The maximum absolute atomic E-state index is 9.50. The van der Waals surface area contributed by atoms with Crippen LogP contribution >= 0.6 is 0 Å². The summed E-state index contributed by atoms with van der Waals surface area (Å²) in [7, 11) is 0. The van der Waals surface area contributed by atoms with E-state index in [1.54, 1.807) is 18.5 Å². The van der Waals surface area contributed by atoms with Crippen molar-refractivity contribution in [3.05, 3.63) is 30.1 Å². The Labute approximate surface area is 71.7 Å². The van der Waals surface area contributed by atoms with E-state index in [4.69, 9.17) is 5.11 Å². The largest absolute Gasteiger partial charge is 0.396 e. The second-order valence-electron chi connectivity index (χ2n) is 2.67. The van der Waals surface area contributed by atoms with Gasteiger partial charge >= 0.3 is 0 Å². The Hall–Kier alpha value is -0.930. The molecular formula is C9H13NO2. The van der Waals surface area contributed by atoms with Gasteiger partial charge in [0, 0.05) is 19.0 Å². The molecule has 0 aromatic carbocycles. The highest BCUT2D eigenvalue weighted by Crippen LogP contribution is 2.15. The van der Waals surface area contributed by atoms with Gasteiger partial charge in [-0.2, -0.15) is 0 Å². The number of hydrogen-bond donors (Lipinski definition) is 2. The fourth-order valence-electron chi connectivity index (χ4n) is 1.02. The Kier molecular flexibility index (Phi) is 3.70. The Morgan fingerprint density at radius 2 is 2.33 bits per heavy atom. The predicted octanol–water partition coefficient (Wildman–Crippen LogP) is 0.887. The minimum atomic E-state index is -0.495. The van der Waals surface area contributed by atoms with Crippen LogP contribution in [0.1, 0.15) is 24.5 Å². The molecule has 3 nitrogen and oxygen atoms in total.